The molecule has 2 N–H and O–H groups in total. The summed E-state index contributed by atoms with van der Waals surface area (Å²) in [6.07, 6.45) is 1.48. The second-order valence-electron chi connectivity index (χ2n) is 7.54. The third kappa shape index (κ3) is 3.98. The van der Waals surface area contributed by atoms with Crippen molar-refractivity contribution < 1.29 is 26.7 Å². The van der Waals surface area contributed by atoms with Crippen LogP contribution in [0, 0.1) is 24.4 Å². The van der Waals surface area contributed by atoms with Crippen molar-refractivity contribution in [3.05, 3.63) is 47.4 Å². The largest absolute Gasteiger partial charge is 0.390 e. The predicted octanol–water partition coefficient (Wildman–Crippen LogP) is 1.93. The van der Waals surface area contributed by atoms with Crippen molar-refractivity contribution in [1.82, 2.24) is 18.9 Å². The molecule has 0 saturated carbocycles. The van der Waals surface area contributed by atoms with Gasteiger partial charge in [-0.15, -0.1) is 5.10 Å². The molecular formula is C19H20F3N5O3S. The number of aromatic nitrogens is 3. The summed E-state index contributed by atoms with van der Waals surface area (Å²) in [5, 5.41) is 17.4. The number of aryl methyl sites for hydroxylation is 1. The number of β-amino-alcohol motifs (C(OH)–C–C–N with tert-alkyl or cyclic N) is 1. The highest BCUT2D eigenvalue weighted by atomic mass is 32.2. The number of anilines is 1. The van der Waals surface area contributed by atoms with Crippen molar-refractivity contribution in [3.63, 3.8) is 0 Å². The highest BCUT2D eigenvalue weighted by molar-refractivity contribution is 7.88. The Labute approximate surface area is 176 Å². The lowest BCUT2D eigenvalue weighted by molar-refractivity contribution is 0.0950. The minimum absolute atomic E-state index is 0.00493. The molecule has 1 aliphatic heterocycles. The first-order valence-electron chi connectivity index (χ1n) is 9.45. The number of halogens is 3. The fraction of sp³-hybridized carbons (Fsp3) is 0.368. The molecule has 31 heavy (non-hydrogen) atoms. The van der Waals surface area contributed by atoms with Crippen LogP contribution in [-0.2, 0) is 10.0 Å². The summed E-state index contributed by atoms with van der Waals surface area (Å²) in [5.74, 6) is -2.44. The molecule has 12 heteroatoms. The number of nitrogens with one attached hydrogen (secondary N) is 1. The molecule has 1 aliphatic rings. The van der Waals surface area contributed by atoms with Gasteiger partial charge in [0.2, 0.25) is 16.0 Å². The smallest absolute Gasteiger partial charge is 0.241 e. The summed E-state index contributed by atoms with van der Waals surface area (Å²) < 4.78 is 69.0. The predicted molar refractivity (Wildman–Crippen MR) is 107 cm³/mol. The Morgan fingerprint density at radius 1 is 1.23 bits per heavy atom. The lowest BCUT2D eigenvalue weighted by Crippen LogP contribution is -2.51. The molecule has 0 unspecified atom stereocenters. The third-order valence-corrected chi connectivity index (χ3v) is 6.61. The Balaban J connectivity index is 1.68. The molecule has 1 fully saturated rings. The fourth-order valence-electron chi connectivity index (χ4n) is 3.63. The normalized spacial score (nSPS) is 20.3. The first-order valence-corrected chi connectivity index (χ1v) is 11.3. The van der Waals surface area contributed by atoms with Crippen LogP contribution in [0.1, 0.15) is 12.0 Å². The fourth-order valence-corrected chi connectivity index (χ4v) is 4.49. The van der Waals surface area contributed by atoms with Crippen LogP contribution in [0.15, 0.2) is 24.4 Å². The Hall–Kier alpha value is -2.70. The molecule has 0 bridgehead atoms. The van der Waals surface area contributed by atoms with Crippen LogP contribution in [0.4, 0.5) is 19.1 Å². The summed E-state index contributed by atoms with van der Waals surface area (Å²) in [6, 6.07) is 2.80. The van der Waals surface area contributed by atoms with Gasteiger partial charge < -0.3 is 10.4 Å². The number of aliphatic hydroxyl groups is 1. The van der Waals surface area contributed by atoms with Crippen LogP contribution in [0.5, 0.6) is 0 Å². The summed E-state index contributed by atoms with van der Waals surface area (Å²) >= 11 is 0. The molecule has 0 spiro atoms. The van der Waals surface area contributed by atoms with E-state index in [4.69, 9.17) is 0 Å². The quantitative estimate of drug-likeness (QED) is 0.624. The number of fused-ring (bicyclic) bond motifs is 1. The first-order chi connectivity index (χ1) is 14.6. The average molecular weight is 455 g/mol. The van der Waals surface area contributed by atoms with E-state index in [1.165, 1.54) is 17.3 Å². The second-order valence-corrected chi connectivity index (χ2v) is 9.52. The molecule has 1 saturated heterocycles. The van der Waals surface area contributed by atoms with E-state index in [-0.39, 0.29) is 42.2 Å². The van der Waals surface area contributed by atoms with Crippen molar-refractivity contribution in [2.75, 3.05) is 24.7 Å². The molecule has 1 aromatic carbocycles. The van der Waals surface area contributed by atoms with Gasteiger partial charge >= 0.3 is 0 Å². The molecular weight excluding hydrogens is 435 g/mol. The zero-order chi connectivity index (χ0) is 22.5. The summed E-state index contributed by atoms with van der Waals surface area (Å²) in [5.41, 5.74) is -0.414. The minimum Gasteiger partial charge on any atom is -0.390 e. The lowest BCUT2D eigenvalue weighted by atomic mass is 10.0. The Morgan fingerprint density at radius 2 is 1.97 bits per heavy atom. The van der Waals surface area contributed by atoms with E-state index in [0.29, 0.717) is 0 Å². The Bertz CT molecular complexity index is 1260. The second kappa shape index (κ2) is 7.77. The monoisotopic (exact) mass is 455 g/mol. The van der Waals surface area contributed by atoms with Crippen molar-refractivity contribution in [3.8, 4) is 11.3 Å². The lowest BCUT2D eigenvalue weighted by Gasteiger charge is -2.34. The van der Waals surface area contributed by atoms with Crippen molar-refractivity contribution in [2.24, 2.45) is 0 Å². The molecule has 0 amide bonds. The van der Waals surface area contributed by atoms with Crippen molar-refractivity contribution in [1.29, 1.82) is 0 Å². The van der Waals surface area contributed by atoms with E-state index in [1.54, 1.807) is 0 Å². The maximum atomic E-state index is 14.6. The van der Waals surface area contributed by atoms with Crippen LogP contribution >= 0.6 is 0 Å². The average Bonchev–Trinajstić information content (AvgIpc) is 3.02. The zero-order valence-corrected chi connectivity index (χ0v) is 17.5. The number of piperidine rings is 1. The number of rotatable bonds is 4. The minimum atomic E-state index is -3.43. The molecule has 2 aromatic heterocycles. The number of benzene rings is 1. The van der Waals surface area contributed by atoms with Gasteiger partial charge in [0.1, 0.15) is 17.2 Å². The van der Waals surface area contributed by atoms with Crippen LogP contribution in [-0.4, -0.2) is 63.9 Å². The Morgan fingerprint density at radius 3 is 2.65 bits per heavy atom. The van der Waals surface area contributed by atoms with E-state index < -0.39 is 45.2 Å². The summed E-state index contributed by atoms with van der Waals surface area (Å²) in [6.45, 7) is 1.57. The molecule has 2 atom stereocenters. The van der Waals surface area contributed by atoms with E-state index >= 15 is 0 Å². The van der Waals surface area contributed by atoms with Gasteiger partial charge in [0.25, 0.3) is 0 Å². The highest BCUT2D eigenvalue weighted by Gasteiger charge is 2.32. The van der Waals surface area contributed by atoms with Gasteiger partial charge in [-0.1, -0.05) is 6.07 Å². The molecule has 0 aliphatic carbocycles. The van der Waals surface area contributed by atoms with Crippen LogP contribution < -0.4 is 5.32 Å². The number of sulfonamides is 1. The van der Waals surface area contributed by atoms with E-state index in [9.17, 15) is 26.7 Å². The van der Waals surface area contributed by atoms with Gasteiger partial charge in [-0.2, -0.15) is 4.31 Å². The number of nitrogens with zero attached hydrogens (tertiary/aromatic N) is 4. The van der Waals surface area contributed by atoms with Gasteiger partial charge in [-0.25, -0.2) is 31.1 Å². The van der Waals surface area contributed by atoms with Gasteiger partial charge in [0.15, 0.2) is 5.82 Å². The molecule has 4 rings (SSSR count). The maximum Gasteiger partial charge on any atom is 0.241 e. The molecule has 3 heterocycles. The van der Waals surface area contributed by atoms with E-state index in [2.05, 4.69) is 15.4 Å². The zero-order valence-electron chi connectivity index (χ0n) is 16.7. The Kier molecular flexibility index (Phi) is 5.40. The number of hydrogen-bond acceptors (Lipinski definition) is 6. The summed E-state index contributed by atoms with van der Waals surface area (Å²) in [7, 11) is -3.43. The molecule has 3 aromatic rings. The molecule has 166 valence electrons. The van der Waals surface area contributed by atoms with Crippen LogP contribution in [0.2, 0.25) is 0 Å². The van der Waals surface area contributed by atoms with Gasteiger partial charge in [-0.3, -0.25) is 0 Å². The van der Waals surface area contributed by atoms with Gasteiger partial charge in [0, 0.05) is 19.2 Å². The highest BCUT2D eigenvalue weighted by Crippen LogP contribution is 2.31. The molecule has 8 nitrogen and oxygen atoms in total. The van der Waals surface area contributed by atoms with Gasteiger partial charge in [-0.05, 0) is 25.0 Å². The standard InChI is InChI=1S/C19H20F3N5O3S/c1-10-3-4-11(20)17(18(10)22)14-7-12(21)15-8-23-19(25-27(14)15)24-13-5-6-26(9-16(13)28)31(2,29)30/h3-4,7-8,13,16,28H,5-6,9H2,1-2H3,(H,24,25)/t13-,16-/m1/s1. The van der Waals surface area contributed by atoms with Crippen LogP contribution in [0.25, 0.3) is 16.8 Å². The topological polar surface area (TPSA) is 99.8 Å². The number of aliphatic hydroxyl groups excluding tert-OH is 1. The van der Waals surface area contributed by atoms with Gasteiger partial charge in [0.05, 0.1) is 35.9 Å². The SMILES string of the molecule is Cc1ccc(F)c(-c2cc(F)c3cnc(N[C@@H]4CCN(S(C)(=O)=O)C[C@H]4O)nn23)c1F. The van der Waals surface area contributed by atoms with Crippen molar-refractivity contribution in [2.45, 2.75) is 25.5 Å². The van der Waals surface area contributed by atoms with Crippen LogP contribution in [0.3, 0.4) is 0 Å². The molecule has 0 radical (unpaired) electrons. The maximum absolute atomic E-state index is 14.6. The number of hydrogen-bond donors (Lipinski definition) is 2. The first kappa shape index (κ1) is 21.5. The van der Waals surface area contributed by atoms with Crippen molar-refractivity contribution >= 4 is 21.5 Å². The summed E-state index contributed by atoms with van der Waals surface area (Å²) in [4.78, 5) is 4.02. The third-order valence-electron chi connectivity index (χ3n) is 5.34. The van der Waals surface area contributed by atoms with E-state index in [0.717, 1.165) is 29.1 Å². The van der Waals surface area contributed by atoms with E-state index in [1.807, 2.05) is 0 Å².